The van der Waals surface area contributed by atoms with Crippen LogP contribution >= 0.6 is 0 Å². The summed E-state index contributed by atoms with van der Waals surface area (Å²) in [5.74, 6) is 4.18. The average molecular weight is 270 g/mol. The van der Waals surface area contributed by atoms with Gasteiger partial charge in [0.25, 0.3) is 0 Å². The van der Waals surface area contributed by atoms with Crippen molar-refractivity contribution in [3.8, 4) is 11.5 Å². The summed E-state index contributed by atoms with van der Waals surface area (Å²) in [6.07, 6.45) is 4.60. The molecule has 4 rings (SSSR count). The van der Waals surface area contributed by atoms with Gasteiger partial charge in [0, 0.05) is 18.1 Å². The maximum absolute atomic E-state index is 5.46. The lowest BCUT2D eigenvalue weighted by Gasteiger charge is -2.13. The third-order valence-electron chi connectivity index (χ3n) is 4.28. The molecule has 1 aliphatic heterocycles. The van der Waals surface area contributed by atoms with Crippen LogP contribution in [-0.4, -0.2) is 18.3 Å². The molecule has 1 saturated carbocycles. The summed E-state index contributed by atoms with van der Waals surface area (Å²) >= 11 is 0. The summed E-state index contributed by atoms with van der Waals surface area (Å²) in [7, 11) is 0. The van der Waals surface area contributed by atoms with Gasteiger partial charge in [0.05, 0.1) is 0 Å². The molecule has 4 nitrogen and oxygen atoms in total. The second kappa shape index (κ2) is 4.54. The Morgan fingerprint density at radius 1 is 1.30 bits per heavy atom. The van der Waals surface area contributed by atoms with Gasteiger partial charge in [-0.1, -0.05) is 6.92 Å². The maximum atomic E-state index is 5.46. The van der Waals surface area contributed by atoms with Crippen molar-refractivity contribution in [2.45, 2.75) is 19.8 Å². The minimum absolute atomic E-state index is 0.306. The quantitative estimate of drug-likeness (QED) is 0.924. The SMILES string of the molecule is CC(CNc1nccc2cc3c(cc12)OCO3)C1CC1. The van der Waals surface area contributed by atoms with E-state index in [1.807, 2.05) is 24.4 Å². The molecule has 2 heterocycles. The highest BCUT2D eigenvalue weighted by Gasteiger charge is 2.27. The molecule has 1 atom stereocenters. The first-order valence-electron chi connectivity index (χ1n) is 7.23. The first-order chi connectivity index (χ1) is 9.81. The van der Waals surface area contributed by atoms with Crippen molar-refractivity contribution in [1.29, 1.82) is 0 Å². The van der Waals surface area contributed by atoms with E-state index in [1.54, 1.807) is 0 Å². The largest absolute Gasteiger partial charge is 0.454 e. The molecule has 2 aliphatic rings. The third kappa shape index (κ3) is 2.05. The van der Waals surface area contributed by atoms with Gasteiger partial charge < -0.3 is 14.8 Å². The molecule has 4 heteroatoms. The maximum Gasteiger partial charge on any atom is 0.231 e. The zero-order chi connectivity index (χ0) is 13.5. The Labute approximate surface area is 118 Å². The van der Waals surface area contributed by atoms with E-state index >= 15 is 0 Å². The van der Waals surface area contributed by atoms with Crippen LogP contribution < -0.4 is 14.8 Å². The molecule has 0 saturated heterocycles. The topological polar surface area (TPSA) is 43.4 Å². The molecule has 0 radical (unpaired) electrons. The molecule has 1 unspecified atom stereocenters. The number of fused-ring (bicyclic) bond motifs is 2. The zero-order valence-electron chi connectivity index (χ0n) is 11.6. The molecule has 1 aromatic heterocycles. The van der Waals surface area contributed by atoms with E-state index in [2.05, 4.69) is 17.2 Å². The number of benzene rings is 1. The monoisotopic (exact) mass is 270 g/mol. The molecule has 0 amide bonds. The van der Waals surface area contributed by atoms with Gasteiger partial charge >= 0.3 is 0 Å². The van der Waals surface area contributed by atoms with Crippen LogP contribution in [0, 0.1) is 11.8 Å². The van der Waals surface area contributed by atoms with Crippen molar-refractivity contribution in [3.05, 3.63) is 24.4 Å². The Balaban J connectivity index is 1.64. The van der Waals surface area contributed by atoms with Gasteiger partial charge in [-0.2, -0.15) is 0 Å². The van der Waals surface area contributed by atoms with Crippen molar-refractivity contribution in [3.63, 3.8) is 0 Å². The Bertz CT molecular complexity index is 652. The van der Waals surface area contributed by atoms with Gasteiger partial charge in [0.2, 0.25) is 6.79 Å². The molecular weight excluding hydrogens is 252 g/mol. The number of pyridine rings is 1. The summed E-state index contributed by atoms with van der Waals surface area (Å²) < 4.78 is 10.9. The Kier molecular flexibility index (Phi) is 2.69. The normalized spacial score (nSPS) is 18.2. The molecule has 2 aromatic rings. The fourth-order valence-corrected chi connectivity index (χ4v) is 2.79. The molecule has 1 fully saturated rings. The van der Waals surface area contributed by atoms with Gasteiger partial charge in [0.15, 0.2) is 11.5 Å². The Morgan fingerprint density at radius 3 is 2.90 bits per heavy atom. The minimum atomic E-state index is 0.306. The Morgan fingerprint density at radius 2 is 2.10 bits per heavy atom. The van der Waals surface area contributed by atoms with Gasteiger partial charge in [0.1, 0.15) is 5.82 Å². The smallest absolute Gasteiger partial charge is 0.231 e. The molecule has 0 bridgehead atoms. The van der Waals surface area contributed by atoms with E-state index in [4.69, 9.17) is 9.47 Å². The third-order valence-corrected chi connectivity index (χ3v) is 4.28. The number of anilines is 1. The van der Waals surface area contributed by atoms with Crippen molar-refractivity contribution < 1.29 is 9.47 Å². The fourth-order valence-electron chi connectivity index (χ4n) is 2.79. The zero-order valence-corrected chi connectivity index (χ0v) is 11.6. The van der Waals surface area contributed by atoms with Gasteiger partial charge in [-0.15, -0.1) is 0 Å². The van der Waals surface area contributed by atoms with E-state index in [0.717, 1.165) is 40.6 Å². The second-order valence-electron chi connectivity index (χ2n) is 5.78. The molecule has 0 spiro atoms. The van der Waals surface area contributed by atoms with Gasteiger partial charge in [-0.05, 0) is 48.3 Å². The minimum Gasteiger partial charge on any atom is -0.454 e. The van der Waals surface area contributed by atoms with Gasteiger partial charge in [-0.25, -0.2) is 4.98 Å². The number of aromatic nitrogens is 1. The van der Waals surface area contributed by atoms with Crippen LogP contribution in [0.3, 0.4) is 0 Å². The summed E-state index contributed by atoms with van der Waals surface area (Å²) in [5, 5.41) is 5.72. The van der Waals surface area contributed by atoms with Crippen LogP contribution in [-0.2, 0) is 0 Å². The van der Waals surface area contributed by atoms with Crippen LogP contribution in [0.4, 0.5) is 5.82 Å². The number of nitrogens with zero attached hydrogens (tertiary/aromatic N) is 1. The lowest BCUT2D eigenvalue weighted by molar-refractivity contribution is 0.174. The number of ether oxygens (including phenoxy) is 2. The van der Waals surface area contributed by atoms with E-state index in [1.165, 1.54) is 12.8 Å². The highest BCUT2D eigenvalue weighted by Crippen LogP contribution is 2.39. The Hall–Kier alpha value is -1.97. The van der Waals surface area contributed by atoms with Crippen molar-refractivity contribution >= 4 is 16.6 Å². The molecule has 1 aliphatic carbocycles. The number of nitrogens with one attached hydrogen (secondary N) is 1. The van der Waals surface area contributed by atoms with Crippen LogP contribution in [0.2, 0.25) is 0 Å². The predicted octanol–water partition coefficient (Wildman–Crippen LogP) is 3.42. The van der Waals surface area contributed by atoms with E-state index in [0.29, 0.717) is 12.7 Å². The highest BCUT2D eigenvalue weighted by molar-refractivity contribution is 5.94. The highest BCUT2D eigenvalue weighted by atomic mass is 16.7. The summed E-state index contributed by atoms with van der Waals surface area (Å²) in [4.78, 5) is 4.48. The van der Waals surface area contributed by atoms with E-state index in [9.17, 15) is 0 Å². The standard InChI is InChI=1S/C16H18N2O2/c1-10(11-2-3-11)8-18-16-13-7-15-14(19-9-20-15)6-12(13)4-5-17-16/h4-7,10-11H,2-3,8-9H2,1H3,(H,17,18). The van der Waals surface area contributed by atoms with Crippen LogP contribution in [0.15, 0.2) is 24.4 Å². The number of rotatable bonds is 4. The van der Waals surface area contributed by atoms with Crippen LogP contribution in [0.5, 0.6) is 11.5 Å². The first-order valence-corrected chi connectivity index (χ1v) is 7.23. The van der Waals surface area contributed by atoms with Crippen molar-refractivity contribution in [2.24, 2.45) is 11.8 Å². The van der Waals surface area contributed by atoms with Gasteiger partial charge in [-0.3, -0.25) is 0 Å². The molecule has 20 heavy (non-hydrogen) atoms. The lowest BCUT2D eigenvalue weighted by atomic mass is 10.1. The molecule has 104 valence electrons. The van der Waals surface area contributed by atoms with Crippen LogP contribution in [0.1, 0.15) is 19.8 Å². The molecule has 1 aromatic carbocycles. The number of hydrogen-bond acceptors (Lipinski definition) is 4. The summed E-state index contributed by atoms with van der Waals surface area (Å²) in [6, 6.07) is 6.05. The lowest BCUT2D eigenvalue weighted by Crippen LogP contribution is -2.13. The first kappa shape index (κ1) is 11.8. The average Bonchev–Trinajstić information content (AvgIpc) is 3.22. The number of hydrogen-bond donors (Lipinski definition) is 1. The van der Waals surface area contributed by atoms with E-state index < -0.39 is 0 Å². The van der Waals surface area contributed by atoms with Crippen molar-refractivity contribution in [2.75, 3.05) is 18.7 Å². The predicted molar refractivity (Wildman–Crippen MR) is 78.2 cm³/mol. The van der Waals surface area contributed by atoms with E-state index in [-0.39, 0.29) is 0 Å². The second-order valence-corrected chi connectivity index (χ2v) is 5.78. The summed E-state index contributed by atoms with van der Waals surface area (Å²) in [6.45, 7) is 3.59. The summed E-state index contributed by atoms with van der Waals surface area (Å²) in [5.41, 5.74) is 0. The van der Waals surface area contributed by atoms with Crippen LogP contribution in [0.25, 0.3) is 10.8 Å². The molecular formula is C16H18N2O2. The fraction of sp³-hybridized carbons (Fsp3) is 0.438. The molecule has 1 N–H and O–H groups in total. The van der Waals surface area contributed by atoms with Crippen molar-refractivity contribution in [1.82, 2.24) is 4.98 Å².